The standard InChI is InChI=1S/C19H24N2OS/c1-5-18(15-7-6-13(2)14(3)12-15)21-19(23)20-16-8-10-17(22-4)11-9-16/h6-12,18H,5H2,1-4H3,(H2,20,21,23)/t18-/m0/s1. The predicted molar refractivity (Wildman–Crippen MR) is 101 cm³/mol. The van der Waals surface area contributed by atoms with E-state index in [2.05, 4.69) is 49.6 Å². The fourth-order valence-corrected chi connectivity index (χ4v) is 2.66. The molecule has 0 fully saturated rings. The molecule has 2 aromatic carbocycles. The van der Waals surface area contributed by atoms with Gasteiger partial charge in [0.15, 0.2) is 5.11 Å². The van der Waals surface area contributed by atoms with Crippen LogP contribution in [0.1, 0.15) is 36.1 Å². The maximum atomic E-state index is 5.44. The Hall–Kier alpha value is -2.07. The van der Waals surface area contributed by atoms with E-state index in [1.165, 1.54) is 16.7 Å². The van der Waals surface area contributed by atoms with Crippen LogP contribution in [0.15, 0.2) is 42.5 Å². The van der Waals surface area contributed by atoms with E-state index >= 15 is 0 Å². The maximum Gasteiger partial charge on any atom is 0.171 e. The highest BCUT2D eigenvalue weighted by Crippen LogP contribution is 2.20. The summed E-state index contributed by atoms with van der Waals surface area (Å²) in [7, 11) is 1.66. The molecule has 0 saturated heterocycles. The van der Waals surface area contributed by atoms with Gasteiger partial charge in [0, 0.05) is 5.69 Å². The van der Waals surface area contributed by atoms with Crippen molar-refractivity contribution < 1.29 is 4.74 Å². The number of benzene rings is 2. The highest BCUT2D eigenvalue weighted by atomic mass is 32.1. The zero-order valence-corrected chi connectivity index (χ0v) is 15.0. The average Bonchev–Trinajstić information content (AvgIpc) is 2.56. The van der Waals surface area contributed by atoms with Gasteiger partial charge in [-0.25, -0.2) is 0 Å². The minimum absolute atomic E-state index is 0.201. The first kappa shape index (κ1) is 17.3. The molecule has 0 aliphatic heterocycles. The first-order chi connectivity index (χ1) is 11.0. The lowest BCUT2D eigenvalue weighted by molar-refractivity contribution is 0.415. The molecular formula is C19H24N2OS. The SMILES string of the molecule is CC[C@H](NC(=S)Nc1ccc(OC)cc1)c1ccc(C)c(C)c1. The predicted octanol–water partition coefficient (Wildman–Crippen LogP) is 4.75. The highest BCUT2D eigenvalue weighted by molar-refractivity contribution is 7.80. The molecule has 1 atom stereocenters. The molecule has 0 radical (unpaired) electrons. The molecule has 2 rings (SSSR count). The van der Waals surface area contributed by atoms with Crippen molar-refractivity contribution >= 4 is 23.0 Å². The van der Waals surface area contributed by atoms with Crippen LogP contribution < -0.4 is 15.4 Å². The Morgan fingerprint density at radius 1 is 1.09 bits per heavy atom. The Labute approximate surface area is 144 Å². The number of hydrogen-bond donors (Lipinski definition) is 2. The van der Waals surface area contributed by atoms with Crippen molar-refractivity contribution in [2.45, 2.75) is 33.2 Å². The quantitative estimate of drug-likeness (QED) is 0.776. The number of anilines is 1. The summed E-state index contributed by atoms with van der Waals surface area (Å²) in [6.07, 6.45) is 0.965. The van der Waals surface area contributed by atoms with Crippen molar-refractivity contribution in [3.05, 3.63) is 59.2 Å². The lowest BCUT2D eigenvalue weighted by Gasteiger charge is -2.21. The Kier molecular flexibility index (Phi) is 5.99. The molecule has 0 amide bonds. The molecule has 0 unspecified atom stereocenters. The van der Waals surface area contributed by atoms with Crippen LogP contribution in [0.3, 0.4) is 0 Å². The Balaban J connectivity index is 2.02. The van der Waals surface area contributed by atoms with Gasteiger partial charge in [-0.2, -0.15) is 0 Å². The van der Waals surface area contributed by atoms with E-state index in [1.54, 1.807) is 7.11 Å². The first-order valence-electron chi connectivity index (χ1n) is 7.82. The van der Waals surface area contributed by atoms with Gasteiger partial charge in [0.1, 0.15) is 5.75 Å². The van der Waals surface area contributed by atoms with Crippen LogP contribution in [-0.2, 0) is 0 Å². The summed E-state index contributed by atoms with van der Waals surface area (Å²) in [4.78, 5) is 0. The van der Waals surface area contributed by atoms with Crippen molar-refractivity contribution in [1.29, 1.82) is 0 Å². The van der Waals surface area contributed by atoms with Gasteiger partial charge in [-0.3, -0.25) is 0 Å². The fourth-order valence-electron chi connectivity index (χ4n) is 2.40. The molecule has 122 valence electrons. The maximum absolute atomic E-state index is 5.44. The van der Waals surface area contributed by atoms with E-state index in [-0.39, 0.29) is 6.04 Å². The van der Waals surface area contributed by atoms with Gasteiger partial charge >= 0.3 is 0 Å². The molecule has 0 bridgehead atoms. The van der Waals surface area contributed by atoms with Gasteiger partial charge in [-0.1, -0.05) is 25.1 Å². The number of methoxy groups -OCH3 is 1. The number of ether oxygens (including phenoxy) is 1. The zero-order chi connectivity index (χ0) is 16.8. The van der Waals surface area contributed by atoms with E-state index in [0.29, 0.717) is 5.11 Å². The van der Waals surface area contributed by atoms with E-state index in [4.69, 9.17) is 17.0 Å². The monoisotopic (exact) mass is 328 g/mol. The molecule has 0 spiro atoms. The molecule has 3 nitrogen and oxygen atoms in total. The smallest absolute Gasteiger partial charge is 0.171 e. The summed E-state index contributed by atoms with van der Waals surface area (Å²) in [5.74, 6) is 0.830. The third-order valence-electron chi connectivity index (χ3n) is 3.99. The van der Waals surface area contributed by atoms with Crippen LogP contribution in [0.5, 0.6) is 5.75 Å². The summed E-state index contributed by atoms with van der Waals surface area (Å²) < 4.78 is 5.16. The molecule has 2 aromatic rings. The van der Waals surface area contributed by atoms with Crippen LogP contribution in [0.25, 0.3) is 0 Å². The van der Waals surface area contributed by atoms with E-state index < -0.39 is 0 Å². The second kappa shape index (κ2) is 7.97. The Morgan fingerprint density at radius 3 is 2.35 bits per heavy atom. The third kappa shape index (κ3) is 4.70. The van der Waals surface area contributed by atoms with Crippen LogP contribution in [-0.4, -0.2) is 12.2 Å². The van der Waals surface area contributed by atoms with Crippen molar-refractivity contribution in [2.75, 3.05) is 12.4 Å². The van der Waals surface area contributed by atoms with E-state index in [9.17, 15) is 0 Å². The summed E-state index contributed by atoms with van der Waals surface area (Å²) >= 11 is 5.44. The minimum Gasteiger partial charge on any atom is -0.497 e. The minimum atomic E-state index is 0.201. The van der Waals surface area contributed by atoms with Crippen molar-refractivity contribution in [2.24, 2.45) is 0 Å². The lowest BCUT2D eigenvalue weighted by atomic mass is 9.99. The first-order valence-corrected chi connectivity index (χ1v) is 8.23. The van der Waals surface area contributed by atoms with Gasteiger partial charge in [-0.05, 0) is 73.4 Å². The number of rotatable bonds is 5. The van der Waals surface area contributed by atoms with Crippen LogP contribution >= 0.6 is 12.2 Å². The van der Waals surface area contributed by atoms with E-state index in [1.807, 2.05) is 24.3 Å². The van der Waals surface area contributed by atoms with Crippen molar-refractivity contribution in [3.8, 4) is 5.75 Å². The summed E-state index contributed by atoms with van der Waals surface area (Å²) in [6, 6.07) is 14.5. The topological polar surface area (TPSA) is 33.3 Å². The van der Waals surface area contributed by atoms with Crippen LogP contribution in [0.2, 0.25) is 0 Å². The largest absolute Gasteiger partial charge is 0.497 e. The second-order valence-corrected chi connectivity index (χ2v) is 6.04. The van der Waals surface area contributed by atoms with Gasteiger partial charge in [-0.15, -0.1) is 0 Å². The summed E-state index contributed by atoms with van der Waals surface area (Å²) in [5.41, 5.74) is 4.81. The zero-order valence-electron chi connectivity index (χ0n) is 14.1. The molecular weight excluding hydrogens is 304 g/mol. The molecule has 0 aliphatic rings. The molecule has 0 aromatic heterocycles. The molecule has 0 heterocycles. The molecule has 23 heavy (non-hydrogen) atoms. The Bertz CT molecular complexity index is 668. The van der Waals surface area contributed by atoms with Crippen LogP contribution in [0, 0.1) is 13.8 Å². The fraction of sp³-hybridized carbons (Fsp3) is 0.316. The molecule has 0 aliphatic carbocycles. The van der Waals surface area contributed by atoms with Crippen molar-refractivity contribution in [3.63, 3.8) is 0 Å². The van der Waals surface area contributed by atoms with Gasteiger partial charge < -0.3 is 15.4 Å². The number of aryl methyl sites for hydroxylation is 2. The van der Waals surface area contributed by atoms with Gasteiger partial charge in [0.2, 0.25) is 0 Å². The Morgan fingerprint density at radius 2 is 1.78 bits per heavy atom. The number of hydrogen-bond acceptors (Lipinski definition) is 2. The van der Waals surface area contributed by atoms with Crippen molar-refractivity contribution in [1.82, 2.24) is 5.32 Å². The third-order valence-corrected chi connectivity index (χ3v) is 4.21. The lowest BCUT2D eigenvalue weighted by Crippen LogP contribution is -2.32. The number of nitrogens with one attached hydrogen (secondary N) is 2. The second-order valence-electron chi connectivity index (χ2n) is 5.63. The molecule has 0 saturated carbocycles. The normalized spacial score (nSPS) is 11.7. The summed E-state index contributed by atoms with van der Waals surface area (Å²) in [6.45, 7) is 6.42. The highest BCUT2D eigenvalue weighted by Gasteiger charge is 2.11. The van der Waals surface area contributed by atoms with Crippen LogP contribution in [0.4, 0.5) is 5.69 Å². The van der Waals surface area contributed by atoms with Gasteiger partial charge in [0.25, 0.3) is 0 Å². The molecule has 4 heteroatoms. The summed E-state index contributed by atoms with van der Waals surface area (Å²) in [5, 5.41) is 7.24. The van der Waals surface area contributed by atoms with E-state index in [0.717, 1.165) is 17.9 Å². The van der Waals surface area contributed by atoms with Gasteiger partial charge in [0.05, 0.1) is 13.2 Å². The molecule has 2 N–H and O–H groups in total. The average molecular weight is 328 g/mol. The number of thiocarbonyl (C=S) groups is 1.